The Morgan fingerprint density at radius 3 is 2.80 bits per heavy atom. The topological polar surface area (TPSA) is 50.2 Å². The minimum absolute atomic E-state index is 0.0128. The number of amides is 1. The molecule has 4 rings (SSSR count). The van der Waals surface area contributed by atoms with E-state index in [0.717, 1.165) is 42.8 Å². The Bertz CT molecular complexity index is 1060. The van der Waals surface area contributed by atoms with E-state index in [2.05, 4.69) is 46.8 Å². The molecule has 0 bridgehead atoms. The maximum absolute atomic E-state index is 12.9. The van der Waals surface area contributed by atoms with Gasteiger partial charge in [0, 0.05) is 12.6 Å². The standard InChI is InChI=1S/C23H26Cl2N4O/c1-15(2)29-20-11-4-3-9-18(20)26-21(29)14-28-12-6-7-16(13-28)23(30)27-19-10-5-8-17(24)22(19)25/h3-5,8-11,15-16H,6-7,12-14H2,1-2H3,(H,27,30)/t16-/m0/s1. The highest BCUT2D eigenvalue weighted by atomic mass is 35.5. The number of piperidine rings is 1. The predicted molar refractivity (Wildman–Crippen MR) is 123 cm³/mol. The maximum atomic E-state index is 12.9. The van der Waals surface area contributed by atoms with Crippen LogP contribution in [-0.4, -0.2) is 33.4 Å². The lowest BCUT2D eigenvalue weighted by Crippen LogP contribution is -2.40. The van der Waals surface area contributed by atoms with Gasteiger partial charge in [-0.3, -0.25) is 9.69 Å². The molecule has 0 spiro atoms. The Hall–Kier alpha value is -2.08. The lowest BCUT2D eigenvalue weighted by Gasteiger charge is -2.32. The van der Waals surface area contributed by atoms with E-state index < -0.39 is 0 Å². The molecule has 2 aromatic carbocycles. The van der Waals surface area contributed by atoms with Crippen LogP contribution in [0.4, 0.5) is 5.69 Å². The largest absolute Gasteiger partial charge is 0.324 e. The fourth-order valence-electron chi connectivity index (χ4n) is 4.23. The van der Waals surface area contributed by atoms with E-state index in [1.165, 1.54) is 0 Å². The fourth-order valence-corrected chi connectivity index (χ4v) is 4.58. The van der Waals surface area contributed by atoms with E-state index in [1.54, 1.807) is 18.2 Å². The van der Waals surface area contributed by atoms with Gasteiger partial charge < -0.3 is 9.88 Å². The molecule has 1 atom stereocenters. The minimum atomic E-state index is -0.0920. The number of nitrogens with zero attached hydrogens (tertiary/aromatic N) is 3. The zero-order chi connectivity index (χ0) is 21.3. The van der Waals surface area contributed by atoms with Crippen molar-refractivity contribution in [2.45, 2.75) is 39.3 Å². The average molecular weight is 445 g/mol. The van der Waals surface area contributed by atoms with Crippen LogP contribution in [0.3, 0.4) is 0 Å². The molecule has 0 radical (unpaired) electrons. The number of imidazole rings is 1. The zero-order valence-corrected chi connectivity index (χ0v) is 18.7. The van der Waals surface area contributed by atoms with Crippen LogP contribution in [0.2, 0.25) is 10.0 Å². The van der Waals surface area contributed by atoms with Crippen LogP contribution in [0.5, 0.6) is 0 Å². The third-order valence-electron chi connectivity index (χ3n) is 5.64. The van der Waals surface area contributed by atoms with Crippen LogP contribution >= 0.6 is 23.2 Å². The van der Waals surface area contributed by atoms with Crippen molar-refractivity contribution in [3.63, 3.8) is 0 Å². The second kappa shape index (κ2) is 8.96. The molecular formula is C23H26Cl2N4O. The highest BCUT2D eigenvalue weighted by molar-refractivity contribution is 6.44. The molecule has 0 aliphatic carbocycles. The normalized spacial score (nSPS) is 17.6. The summed E-state index contributed by atoms with van der Waals surface area (Å²) in [4.78, 5) is 20.1. The maximum Gasteiger partial charge on any atom is 0.228 e. The Morgan fingerprint density at radius 2 is 2.00 bits per heavy atom. The molecule has 30 heavy (non-hydrogen) atoms. The number of likely N-dealkylation sites (tertiary alicyclic amines) is 1. The molecule has 158 valence electrons. The van der Waals surface area contributed by atoms with Crippen LogP contribution in [0.1, 0.15) is 38.6 Å². The molecule has 3 aromatic rings. The first-order valence-electron chi connectivity index (χ1n) is 10.4. The summed E-state index contributed by atoms with van der Waals surface area (Å²) in [6.07, 6.45) is 1.84. The number of para-hydroxylation sites is 2. The molecule has 1 amide bonds. The molecule has 2 heterocycles. The monoisotopic (exact) mass is 444 g/mol. The van der Waals surface area contributed by atoms with Gasteiger partial charge in [-0.1, -0.05) is 41.4 Å². The van der Waals surface area contributed by atoms with Gasteiger partial charge in [0.15, 0.2) is 0 Å². The number of carbonyl (C=O) groups is 1. The summed E-state index contributed by atoms with van der Waals surface area (Å²) in [6, 6.07) is 13.8. The molecule has 1 aliphatic rings. The Kier molecular flexibility index (Phi) is 6.32. The van der Waals surface area contributed by atoms with Gasteiger partial charge >= 0.3 is 0 Å². The third kappa shape index (κ3) is 4.34. The van der Waals surface area contributed by atoms with Crippen LogP contribution < -0.4 is 5.32 Å². The molecule has 1 fully saturated rings. The number of rotatable bonds is 5. The first kappa shape index (κ1) is 21.2. The van der Waals surface area contributed by atoms with Gasteiger partial charge in [0.1, 0.15) is 5.82 Å². The fraction of sp³-hybridized carbons (Fsp3) is 0.391. The molecule has 5 nitrogen and oxygen atoms in total. The van der Waals surface area contributed by atoms with Crippen LogP contribution in [0, 0.1) is 5.92 Å². The number of hydrogen-bond donors (Lipinski definition) is 1. The summed E-state index contributed by atoms with van der Waals surface area (Å²) in [6.45, 7) is 6.75. The van der Waals surface area contributed by atoms with E-state index in [4.69, 9.17) is 28.2 Å². The van der Waals surface area contributed by atoms with Crippen molar-refractivity contribution in [3.05, 3.63) is 58.3 Å². The second-order valence-corrected chi connectivity index (χ2v) is 8.93. The van der Waals surface area contributed by atoms with Crippen molar-refractivity contribution in [2.24, 2.45) is 5.92 Å². The minimum Gasteiger partial charge on any atom is -0.324 e. The number of nitrogens with one attached hydrogen (secondary N) is 1. The summed E-state index contributed by atoms with van der Waals surface area (Å²) >= 11 is 12.3. The van der Waals surface area contributed by atoms with Gasteiger partial charge in [0.25, 0.3) is 0 Å². The Balaban J connectivity index is 1.48. The molecule has 1 N–H and O–H groups in total. The predicted octanol–water partition coefficient (Wildman–Crippen LogP) is 5.77. The van der Waals surface area contributed by atoms with Gasteiger partial charge in [-0.25, -0.2) is 4.98 Å². The van der Waals surface area contributed by atoms with Crippen molar-refractivity contribution >= 4 is 45.8 Å². The quantitative estimate of drug-likeness (QED) is 0.542. The molecule has 0 saturated carbocycles. The van der Waals surface area contributed by atoms with Crippen molar-refractivity contribution in [1.29, 1.82) is 0 Å². The average Bonchev–Trinajstić information content (AvgIpc) is 3.09. The summed E-state index contributed by atoms with van der Waals surface area (Å²) < 4.78 is 2.30. The summed E-state index contributed by atoms with van der Waals surface area (Å²) in [5.41, 5.74) is 2.74. The number of hydrogen-bond acceptors (Lipinski definition) is 3. The summed E-state index contributed by atoms with van der Waals surface area (Å²) in [5, 5.41) is 3.77. The number of carbonyl (C=O) groups excluding carboxylic acids is 1. The zero-order valence-electron chi connectivity index (χ0n) is 17.2. The van der Waals surface area contributed by atoms with Crippen molar-refractivity contribution in [1.82, 2.24) is 14.5 Å². The Labute approximate surface area is 187 Å². The van der Waals surface area contributed by atoms with E-state index >= 15 is 0 Å². The summed E-state index contributed by atoms with van der Waals surface area (Å²) in [7, 11) is 0. The lowest BCUT2D eigenvalue weighted by molar-refractivity contribution is -0.121. The highest BCUT2D eigenvalue weighted by Gasteiger charge is 2.27. The van der Waals surface area contributed by atoms with E-state index in [1.807, 2.05) is 6.07 Å². The third-order valence-corrected chi connectivity index (χ3v) is 6.45. The number of halogens is 2. The van der Waals surface area contributed by atoms with E-state index in [9.17, 15) is 4.79 Å². The first-order valence-corrected chi connectivity index (χ1v) is 11.1. The van der Waals surface area contributed by atoms with Gasteiger partial charge in [0.05, 0.1) is 39.2 Å². The van der Waals surface area contributed by atoms with Crippen LogP contribution in [0.15, 0.2) is 42.5 Å². The van der Waals surface area contributed by atoms with E-state index in [0.29, 0.717) is 28.3 Å². The van der Waals surface area contributed by atoms with Crippen molar-refractivity contribution in [3.8, 4) is 0 Å². The second-order valence-electron chi connectivity index (χ2n) is 8.15. The molecular weight excluding hydrogens is 419 g/mol. The summed E-state index contributed by atoms with van der Waals surface area (Å²) in [5.74, 6) is 0.942. The first-order chi connectivity index (χ1) is 14.4. The van der Waals surface area contributed by atoms with Crippen LogP contribution in [-0.2, 0) is 11.3 Å². The smallest absolute Gasteiger partial charge is 0.228 e. The SMILES string of the molecule is CC(C)n1c(CN2CCC[C@H](C(=O)Nc3cccc(Cl)c3Cl)C2)nc2ccccc21. The number of anilines is 1. The molecule has 0 unspecified atom stereocenters. The van der Waals surface area contributed by atoms with Gasteiger partial charge in [-0.05, 0) is 57.5 Å². The highest BCUT2D eigenvalue weighted by Crippen LogP contribution is 2.31. The van der Waals surface area contributed by atoms with Crippen molar-refractivity contribution < 1.29 is 4.79 Å². The molecule has 1 aromatic heterocycles. The molecule has 7 heteroatoms. The van der Waals surface area contributed by atoms with Gasteiger partial charge in [0.2, 0.25) is 5.91 Å². The number of aromatic nitrogens is 2. The van der Waals surface area contributed by atoms with E-state index in [-0.39, 0.29) is 11.8 Å². The number of fused-ring (bicyclic) bond motifs is 1. The number of benzene rings is 2. The lowest BCUT2D eigenvalue weighted by atomic mass is 9.97. The van der Waals surface area contributed by atoms with Crippen LogP contribution in [0.25, 0.3) is 11.0 Å². The molecule has 1 saturated heterocycles. The molecule has 1 aliphatic heterocycles. The van der Waals surface area contributed by atoms with Crippen molar-refractivity contribution in [2.75, 3.05) is 18.4 Å². The Morgan fingerprint density at radius 1 is 1.20 bits per heavy atom. The van der Waals surface area contributed by atoms with Gasteiger partial charge in [-0.2, -0.15) is 0 Å². The van der Waals surface area contributed by atoms with Gasteiger partial charge in [-0.15, -0.1) is 0 Å².